The maximum atomic E-state index is 5.68. The summed E-state index contributed by atoms with van der Waals surface area (Å²) in [4.78, 5) is 8.01. The summed E-state index contributed by atoms with van der Waals surface area (Å²) in [5.74, 6) is 1.27. The van der Waals surface area contributed by atoms with Crippen molar-refractivity contribution in [2.24, 2.45) is 0 Å². The fraction of sp³-hybridized carbons (Fsp3) is 0.167. The molecule has 0 atom stereocenters. The third-order valence-electron chi connectivity index (χ3n) is 2.13. The molecular weight excluding hydrogens is 252 g/mol. The van der Waals surface area contributed by atoms with Gasteiger partial charge >= 0.3 is 0 Å². The number of nitrogens with one attached hydrogen (secondary N) is 1. The van der Waals surface area contributed by atoms with Crippen molar-refractivity contribution in [3.8, 4) is 5.75 Å². The van der Waals surface area contributed by atoms with E-state index in [1.807, 2.05) is 18.2 Å². The molecule has 1 aromatic heterocycles. The lowest BCUT2D eigenvalue weighted by atomic mass is 10.3. The molecule has 1 aromatic carbocycles. The molecule has 94 valence electrons. The summed E-state index contributed by atoms with van der Waals surface area (Å²) in [5.41, 5.74) is 6.32. The fourth-order valence-electron chi connectivity index (χ4n) is 1.34. The number of halogens is 1. The Kier molecular flexibility index (Phi) is 4.20. The van der Waals surface area contributed by atoms with E-state index < -0.39 is 0 Å². The van der Waals surface area contributed by atoms with Crippen molar-refractivity contribution in [3.05, 3.63) is 41.7 Å². The number of nitrogens with two attached hydrogens (primary N) is 1. The first-order valence-electron chi connectivity index (χ1n) is 5.44. The van der Waals surface area contributed by atoms with Crippen LogP contribution in [0.5, 0.6) is 5.75 Å². The molecule has 0 saturated carbocycles. The minimum atomic E-state index is 0.495. The van der Waals surface area contributed by atoms with Gasteiger partial charge in [-0.25, -0.2) is 9.97 Å². The van der Waals surface area contributed by atoms with Gasteiger partial charge in [0.25, 0.3) is 0 Å². The number of nitrogen functional groups attached to an aromatic ring is 1. The lowest BCUT2D eigenvalue weighted by Gasteiger charge is -2.07. The number of aromatic nitrogens is 2. The van der Waals surface area contributed by atoms with Gasteiger partial charge in [-0.05, 0) is 12.1 Å². The second-order valence-corrected chi connectivity index (χ2v) is 4.01. The zero-order valence-electron chi connectivity index (χ0n) is 9.64. The van der Waals surface area contributed by atoms with Crippen LogP contribution in [0.3, 0.4) is 0 Å². The van der Waals surface area contributed by atoms with Crippen LogP contribution in [0, 0.1) is 0 Å². The highest BCUT2D eigenvalue weighted by Gasteiger charge is 1.96. The Morgan fingerprint density at radius 3 is 2.78 bits per heavy atom. The van der Waals surface area contributed by atoms with Gasteiger partial charge in [0.05, 0.1) is 24.0 Å². The zero-order valence-corrected chi connectivity index (χ0v) is 10.4. The van der Waals surface area contributed by atoms with Crippen LogP contribution in [0.2, 0.25) is 5.02 Å². The number of rotatable bonds is 5. The molecule has 0 unspecified atom stereocenters. The molecule has 0 aliphatic rings. The zero-order chi connectivity index (χ0) is 12.8. The average molecular weight is 265 g/mol. The lowest BCUT2D eigenvalue weighted by Crippen LogP contribution is -2.13. The number of anilines is 2. The number of ether oxygens (including phenoxy) is 1. The van der Waals surface area contributed by atoms with E-state index in [0.29, 0.717) is 29.8 Å². The van der Waals surface area contributed by atoms with E-state index in [2.05, 4.69) is 15.3 Å². The van der Waals surface area contributed by atoms with Crippen molar-refractivity contribution in [2.75, 3.05) is 24.2 Å². The van der Waals surface area contributed by atoms with E-state index in [4.69, 9.17) is 22.1 Å². The van der Waals surface area contributed by atoms with Crippen LogP contribution in [0.25, 0.3) is 0 Å². The topological polar surface area (TPSA) is 73.1 Å². The van der Waals surface area contributed by atoms with E-state index >= 15 is 0 Å². The summed E-state index contributed by atoms with van der Waals surface area (Å²) in [6.45, 7) is 1.09. The maximum Gasteiger partial charge on any atom is 0.222 e. The van der Waals surface area contributed by atoms with Crippen LogP contribution >= 0.6 is 11.6 Å². The number of nitrogens with zero attached hydrogens (tertiary/aromatic N) is 2. The standard InChI is InChI=1S/C12H13ClN4O/c13-9-7-16-12(17-8-9)15-4-5-18-11-3-1-2-10(14)6-11/h1-3,6-8H,4-5,14H2,(H,15,16,17). The van der Waals surface area contributed by atoms with Gasteiger partial charge in [-0.1, -0.05) is 17.7 Å². The summed E-state index contributed by atoms with van der Waals surface area (Å²) >= 11 is 5.68. The van der Waals surface area contributed by atoms with Crippen molar-refractivity contribution in [1.29, 1.82) is 0 Å². The second kappa shape index (κ2) is 6.07. The molecule has 0 radical (unpaired) electrons. The minimum absolute atomic E-state index is 0.495. The van der Waals surface area contributed by atoms with Crippen LogP contribution in [0.15, 0.2) is 36.7 Å². The molecule has 5 nitrogen and oxygen atoms in total. The SMILES string of the molecule is Nc1cccc(OCCNc2ncc(Cl)cn2)c1. The third-order valence-corrected chi connectivity index (χ3v) is 2.33. The van der Waals surface area contributed by atoms with Gasteiger partial charge in [-0.15, -0.1) is 0 Å². The van der Waals surface area contributed by atoms with E-state index in [1.165, 1.54) is 12.4 Å². The summed E-state index contributed by atoms with van der Waals surface area (Å²) in [5, 5.41) is 3.53. The molecule has 0 spiro atoms. The quantitative estimate of drug-likeness (QED) is 0.640. The Bertz CT molecular complexity index is 504. The first kappa shape index (κ1) is 12.4. The van der Waals surface area contributed by atoms with Crippen molar-refractivity contribution < 1.29 is 4.74 Å². The summed E-state index contributed by atoms with van der Waals surface area (Å²) in [6, 6.07) is 7.29. The Morgan fingerprint density at radius 1 is 1.28 bits per heavy atom. The normalized spacial score (nSPS) is 10.1. The Hall–Kier alpha value is -2.01. The fourth-order valence-corrected chi connectivity index (χ4v) is 1.44. The number of benzene rings is 1. The van der Waals surface area contributed by atoms with E-state index in [-0.39, 0.29) is 0 Å². The van der Waals surface area contributed by atoms with Crippen molar-refractivity contribution in [3.63, 3.8) is 0 Å². The molecule has 0 aliphatic heterocycles. The molecule has 6 heteroatoms. The highest BCUT2D eigenvalue weighted by Crippen LogP contribution is 2.14. The van der Waals surface area contributed by atoms with Crippen molar-refractivity contribution in [1.82, 2.24) is 9.97 Å². The number of hydrogen-bond acceptors (Lipinski definition) is 5. The van der Waals surface area contributed by atoms with E-state index in [0.717, 1.165) is 5.75 Å². The smallest absolute Gasteiger partial charge is 0.222 e. The summed E-state index contributed by atoms with van der Waals surface area (Å²) < 4.78 is 5.51. The van der Waals surface area contributed by atoms with Crippen molar-refractivity contribution in [2.45, 2.75) is 0 Å². The third kappa shape index (κ3) is 3.78. The maximum absolute atomic E-state index is 5.68. The molecule has 0 amide bonds. The van der Waals surface area contributed by atoms with E-state index in [1.54, 1.807) is 6.07 Å². The predicted molar refractivity (Wildman–Crippen MR) is 71.9 cm³/mol. The number of hydrogen-bond donors (Lipinski definition) is 2. The first-order valence-corrected chi connectivity index (χ1v) is 5.81. The Balaban J connectivity index is 1.74. The molecule has 0 saturated heterocycles. The van der Waals surface area contributed by atoms with E-state index in [9.17, 15) is 0 Å². The van der Waals surface area contributed by atoms with Crippen LogP contribution < -0.4 is 15.8 Å². The predicted octanol–water partition coefficient (Wildman–Crippen LogP) is 2.20. The largest absolute Gasteiger partial charge is 0.492 e. The highest BCUT2D eigenvalue weighted by atomic mass is 35.5. The van der Waals surface area contributed by atoms with Gasteiger partial charge < -0.3 is 15.8 Å². The average Bonchev–Trinajstić information content (AvgIpc) is 2.37. The summed E-state index contributed by atoms with van der Waals surface area (Å²) in [7, 11) is 0. The van der Waals surface area contributed by atoms with Gasteiger partial charge in [0, 0.05) is 11.8 Å². The lowest BCUT2D eigenvalue weighted by molar-refractivity contribution is 0.333. The van der Waals surface area contributed by atoms with Crippen LogP contribution in [0.4, 0.5) is 11.6 Å². The monoisotopic (exact) mass is 264 g/mol. The first-order chi connectivity index (χ1) is 8.74. The Morgan fingerprint density at radius 2 is 2.06 bits per heavy atom. The van der Waals surface area contributed by atoms with Gasteiger partial charge in [0.15, 0.2) is 0 Å². The molecule has 0 bridgehead atoms. The highest BCUT2D eigenvalue weighted by molar-refractivity contribution is 6.30. The van der Waals surface area contributed by atoms with Crippen molar-refractivity contribution >= 4 is 23.2 Å². The molecule has 2 rings (SSSR count). The van der Waals surface area contributed by atoms with Crippen LogP contribution in [0.1, 0.15) is 0 Å². The molecule has 18 heavy (non-hydrogen) atoms. The van der Waals surface area contributed by atoms with Gasteiger partial charge in [0.1, 0.15) is 12.4 Å². The van der Waals surface area contributed by atoms with Crippen LogP contribution in [-0.4, -0.2) is 23.1 Å². The van der Waals surface area contributed by atoms with Gasteiger partial charge in [-0.2, -0.15) is 0 Å². The second-order valence-electron chi connectivity index (χ2n) is 3.57. The molecule has 3 N–H and O–H groups in total. The minimum Gasteiger partial charge on any atom is -0.492 e. The summed E-state index contributed by atoms with van der Waals surface area (Å²) in [6.07, 6.45) is 3.07. The van der Waals surface area contributed by atoms with Crippen LogP contribution in [-0.2, 0) is 0 Å². The molecule has 0 fully saturated rings. The molecule has 2 aromatic rings. The van der Waals surface area contributed by atoms with Gasteiger partial charge in [-0.3, -0.25) is 0 Å². The molecule has 1 heterocycles. The van der Waals surface area contributed by atoms with Gasteiger partial charge in [0.2, 0.25) is 5.95 Å². The molecule has 0 aliphatic carbocycles. The molecular formula is C12H13ClN4O. The Labute approximate surface area is 110 Å².